The predicted octanol–water partition coefficient (Wildman–Crippen LogP) is 0.944. The van der Waals surface area contributed by atoms with Gasteiger partial charge in [0.05, 0.1) is 0 Å². The van der Waals surface area contributed by atoms with Gasteiger partial charge in [-0.15, -0.1) is 0 Å². The monoisotopic (exact) mass is 197 g/mol. The number of nitrogens with two attached hydrogens (primary N) is 1. The molecule has 0 heterocycles. The molecule has 0 aromatic heterocycles. The molecule has 2 N–H and O–H groups in total. The minimum absolute atomic E-state index is 0.472. The molecule has 4 heteroatoms. The number of carbonyl (C=O) groups excluding carboxylic acids is 1. The van der Waals surface area contributed by atoms with Gasteiger partial charge in [-0.25, -0.2) is 4.79 Å². The van der Waals surface area contributed by atoms with Crippen LogP contribution in [0.25, 0.3) is 0 Å². The number of hydrogen-bond donors (Lipinski definition) is 2. The summed E-state index contributed by atoms with van der Waals surface area (Å²) in [5, 5.41) is 0. The molecule has 0 saturated carbocycles. The van der Waals surface area contributed by atoms with Gasteiger partial charge in [-0.2, -0.15) is 0 Å². The third-order valence-electron chi connectivity index (χ3n) is 1.69. The third-order valence-corrected chi connectivity index (χ3v) is 1.87. The van der Waals surface area contributed by atoms with Gasteiger partial charge in [-0.3, -0.25) is 0 Å². The van der Waals surface area contributed by atoms with E-state index in [1.54, 1.807) is 0 Å². The van der Waals surface area contributed by atoms with Crippen LogP contribution in [0.1, 0.15) is 5.56 Å². The zero-order chi connectivity index (χ0) is 9.68. The molecule has 0 radical (unpaired) electrons. The van der Waals surface area contributed by atoms with Crippen molar-refractivity contribution < 1.29 is 8.98 Å². The number of benzene rings is 1. The van der Waals surface area contributed by atoms with Gasteiger partial charge in [0.1, 0.15) is 6.04 Å². The molecule has 70 valence electrons. The summed E-state index contributed by atoms with van der Waals surface area (Å²) >= 11 is 3.39. The van der Waals surface area contributed by atoms with E-state index in [0.717, 1.165) is 5.56 Å². The van der Waals surface area contributed by atoms with E-state index in [1.807, 2.05) is 30.3 Å². The summed E-state index contributed by atoms with van der Waals surface area (Å²) in [6, 6.07) is 8.88. The van der Waals surface area contributed by atoms with Crippen LogP contribution in [0.4, 0.5) is 0 Å². The molecule has 0 aliphatic rings. The van der Waals surface area contributed by atoms with Crippen LogP contribution in [0.5, 0.6) is 0 Å². The fourth-order valence-corrected chi connectivity index (χ4v) is 1.15. The number of carbonyl (C=O) groups is 1. The van der Waals surface area contributed by atoms with Crippen LogP contribution >= 0.6 is 12.9 Å². The van der Waals surface area contributed by atoms with Crippen LogP contribution in [0, 0.1) is 0 Å². The smallest absolute Gasteiger partial charge is 0.335 e. The largest absolute Gasteiger partial charge is 0.393 e. The summed E-state index contributed by atoms with van der Waals surface area (Å²) in [7, 11) is 0. The van der Waals surface area contributed by atoms with E-state index in [2.05, 4.69) is 17.1 Å². The summed E-state index contributed by atoms with van der Waals surface area (Å²) in [6.45, 7) is 0. The van der Waals surface area contributed by atoms with E-state index in [4.69, 9.17) is 5.73 Å². The molecule has 0 spiro atoms. The number of rotatable bonds is 3. The summed E-state index contributed by atoms with van der Waals surface area (Å²) in [5.41, 5.74) is 6.54. The third kappa shape index (κ3) is 3.08. The second kappa shape index (κ2) is 4.89. The van der Waals surface area contributed by atoms with Crippen molar-refractivity contribution in [3.63, 3.8) is 0 Å². The average molecular weight is 197 g/mol. The summed E-state index contributed by atoms with van der Waals surface area (Å²) in [5.74, 6) is -0.507. The van der Waals surface area contributed by atoms with E-state index < -0.39 is 12.0 Å². The molecule has 0 bridgehead atoms. The van der Waals surface area contributed by atoms with Crippen molar-refractivity contribution in [1.82, 2.24) is 0 Å². The van der Waals surface area contributed by atoms with Crippen molar-refractivity contribution in [2.24, 2.45) is 5.73 Å². The normalized spacial score (nSPS) is 12.2. The highest BCUT2D eigenvalue weighted by Gasteiger charge is 2.14. The molecule has 1 aromatic rings. The Kier molecular flexibility index (Phi) is 3.79. The highest BCUT2D eigenvalue weighted by atomic mass is 32.1. The van der Waals surface area contributed by atoms with Crippen LogP contribution in [-0.2, 0) is 15.4 Å². The molecular formula is C9H11NO2S. The van der Waals surface area contributed by atoms with Crippen LogP contribution in [0.3, 0.4) is 0 Å². The second-order valence-corrected chi connectivity index (χ2v) is 2.89. The highest BCUT2D eigenvalue weighted by Crippen LogP contribution is 2.03. The Balaban J connectivity index is 2.55. The minimum Gasteiger partial charge on any atom is -0.393 e. The molecular weight excluding hydrogens is 186 g/mol. The Bertz CT molecular complexity index is 276. The first-order valence-electron chi connectivity index (χ1n) is 3.89. The van der Waals surface area contributed by atoms with E-state index in [0.29, 0.717) is 6.42 Å². The average Bonchev–Trinajstić information content (AvgIpc) is 2.18. The molecule has 0 amide bonds. The van der Waals surface area contributed by atoms with Crippen molar-refractivity contribution >= 4 is 18.9 Å². The Hall–Kier alpha value is -1.00. The van der Waals surface area contributed by atoms with Gasteiger partial charge in [0.15, 0.2) is 0 Å². The van der Waals surface area contributed by atoms with Gasteiger partial charge in [0.25, 0.3) is 0 Å². The summed E-state index contributed by atoms with van der Waals surface area (Å²) < 4.78 is 4.21. The molecule has 1 rings (SSSR count). The van der Waals surface area contributed by atoms with E-state index >= 15 is 0 Å². The van der Waals surface area contributed by atoms with Gasteiger partial charge in [-0.1, -0.05) is 30.3 Å². The molecule has 1 unspecified atom stereocenters. The van der Waals surface area contributed by atoms with Gasteiger partial charge < -0.3 is 9.92 Å². The number of thiol groups is 1. The quantitative estimate of drug-likeness (QED) is 0.560. The van der Waals surface area contributed by atoms with Crippen molar-refractivity contribution in [3.05, 3.63) is 35.9 Å². The van der Waals surface area contributed by atoms with Gasteiger partial charge in [-0.05, 0) is 12.0 Å². The van der Waals surface area contributed by atoms with Gasteiger partial charge in [0, 0.05) is 12.9 Å². The Labute approximate surface area is 82.5 Å². The molecule has 1 atom stereocenters. The molecule has 0 aliphatic heterocycles. The van der Waals surface area contributed by atoms with Gasteiger partial charge in [0.2, 0.25) is 0 Å². The summed E-state index contributed by atoms with van der Waals surface area (Å²) in [4.78, 5) is 10.9. The fourth-order valence-electron chi connectivity index (χ4n) is 1.02. The Morgan fingerprint density at radius 1 is 1.46 bits per heavy atom. The van der Waals surface area contributed by atoms with E-state index in [-0.39, 0.29) is 0 Å². The van der Waals surface area contributed by atoms with Crippen LogP contribution in [-0.4, -0.2) is 12.0 Å². The first kappa shape index (κ1) is 10.1. The van der Waals surface area contributed by atoms with E-state index in [1.165, 1.54) is 0 Å². The lowest BCUT2D eigenvalue weighted by molar-refractivity contribution is -0.134. The standard InChI is InChI=1S/C9H11NO2S/c10-8(9(11)12-13)6-7-4-2-1-3-5-7/h1-5,8,13H,6,10H2. The molecule has 1 aromatic carbocycles. The zero-order valence-corrected chi connectivity index (χ0v) is 7.91. The van der Waals surface area contributed by atoms with E-state index in [9.17, 15) is 4.79 Å². The first-order valence-corrected chi connectivity index (χ1v) is 4.25. The fraction of sp³-hybridized carbons (Fsp3) is 0.222. The summed E-state index contributed by atoms with van der Waals surface area (Å²) in [6.07, 6.45) is 0.472. The molecule has 3 nitrogen and oxygen atoms in total. The topological polar surface area (TPSA) is 52.3 Å². The predicted molar refractivity (Wildman–Crippen MR) is 53.2 cm³/mol. The highest BCUT2D eigenvalue weighted by molar-refractivity contribution is 7.75. The van der Waals surface area contributed by atoms with Crippen LogP contribution in [0.2, 0.25) is 0 Å². The Morgan fingerprint density at radius 2 is 2.08 bits per heavy atom. The molecule has 0 aliphatic carbocycles. The lowest BCUT2D eigenvalue weighted by Gasteiger charge is -2.07. The van der Waals surface area contributed by atoms with Crippen molar-refractivity contribution in [3.8, 4) is 0 Å². The SMILES string of the molecule is NC(Cc1ccccc1)C(=O)OS. The van der Waals surface area contributed by atoms with Crippen molar-refractivity contribution in [1.29, 1.82) is 0 Å². The lowest BCUT2D eigenvalue weighted by Crippen LogP contribution is -2.32. The maximum absolute atomic E-state index is 10.9. The van der Waals surface area contributed by atoms with Crippen LogP contribution in [0.15, 0.2) is 30.3 Å². The lowest BCUT2D eigenvalue weighted by atomic mass is 10.1. The first-order chi connectivity index (χ1) is 6.24. The molecule has 13 heavy (non-hydrogen) atoms. The maximum Gasteiger partial charge on any atom is 0.335 e. The minimum atomic E-state index is -0.639. The zero-order valence-electron chi connectivity index (χ0n) is 7.01. The number of hydrogen-bond acceptors (Lipinski definition) is 4. The molecule has 0 saturated heterocycles. The van der Waals surface area contributed by atoms with Crippen LogP contribution < -0.4 is 5.73 Å². The van der Waals surface area contributed by atoms with Gasteiger partial charge >= 0.3 is 5.97 Å². The molecule has 0 fully saturated rings. The van der Waals surface area contributed by atoms with Crippen molar-refractivity contribution in [2.45, 2.75) is 12.5 Å². The van der Waals surface area contributed by atoms with Crippen molar-refractivity contribution in [2.75, 3.05) is 0 Å². The maximum atomic E-state index is 10.9. The second-order valence-electron chi connectivity index (χ2n) is 2.71. The Morgan fingerprint density at radius 3 is 2.62 bits per heavy atom.